The Morgan fingerprint density at radius 1 is 1.05 bits per heavy atom. The summed E-state index contributed by atoms with van der Waals surface area (Å²) < 4.78 is 15.0. The molecule has 2 heterocycles. The third-order valence-corrected chi connectivity index (χ3v) is 2.11. The van der Waals surface area contributed by atoms with Crippen molar-refractivity contribution in [3.8, 4) is 23.8 Å². The van der Waals surface area contributed by atoms with Gasteiger partial charge in [0.1, 0.15) is 5.75 Å². The van der Waals surface area contributed by atoms with E-state index in [9.17, 15) is 4.79 Å². The number of rotatable bonds is 5. The molecule has 9 nitrogen and oxygen atoms in total. The van der Waals surface area contributed by atoms with Gasteiger partial charge >= 0.3 is 24.0 Å². The summed E-state index contributed by atoms with van der Waals surface area (Å²) in [6.45, 7) is 0. The molecule has 9 heteroatoms. The molecule has 0 aliphatic heterocycles. The maximum Gasteiger partial charge on any atom is 0.337 e. The lowest BCUT2D eigenvalue weighted by molar-refractivity contribution is 0.0696. The third-order valence-electron chi connectivity index (χ3n) is 2.11. The average Bonchev–Trinajstić information content (AvgIpc) is 2.47. The molecule has 1 N–H and O–H groups in total. The maximum absolute atomic E-state index is 10.8. The van der Waals surface area contributed by atoms with Crippen molar-refractivity contribution < 1.29 is 24.1 Å². The zero-order chi connectivity index (χ0) is 14.5. The average molecular weight is 278 g/mol. The topological polar surface area (TPSA) is 117 Å². The van der Waals surface area contributed by atoms with Crippen LogP contribution in [0.15, 0.2) is 18.5 Å². The molecular weight excluding hydrogens is 268 g/mol. The van der Waals surface area contributed by atoms with Crippen molar-refractivity contribution in [1.82, 2.24) is 19.9 Å². The summed E-state index contributed by atoms with van der Waals surface area (Å²) in [7, 11) is 2.76. The Morgan fingerprint density at radius 3 is 2.20 bits per heavy atom. The Kier molecular flexibility index (Phi) is 3.89. The number of methoxy groups -OCH3 is 2. The van der Waals surface area contributed by atoms with Crippen LogP contribution in [-0.4, -0.2) is 45.2 Å². The van der Waals surface area contributed by atoms with Crippen LogP contribution in [0.5, 0.6) is 23.8 Å². The van der Waals surface area contributed by atoms with Crippen LogP contribution >= 0.6 is 0 Å². The third kappa shape index (κ3) is 3.07. The quantitative estimate of drug-likeness (QED) is 0.846. The van der Waals surface area contributed by atoms with Crippen molar-refractivity contribution in [1.29, 1.82) is 0 Å². The van der Waals surface area contributed by atoms with Gasteiger partial charge in [-0.3, -0.25) is 4.98 Å². The molecular formula is C11H10N4O5. The molecule has 0 aliphatic rings. The monoisotopic (exact) mass is 278 g/mol. The lowest BCUT2D eigenvalue weighted by atomic mass is 10.3. The first kappa shape index (κ1) is 13.5. The Bertz CT molecular complexity index is 612. The number of carboxylic acid groups (broad SMARTS) is 1. The Labute approximate surface area is 113 Å². The molecule has 0 aliphatic carbocycles. The molecule has 0 unspecified atom stereocenters. The minimum Gasteiger partial charge on any atom is -0.478 e. The minimum absolute atomic E-state index is 0.00852. The molecule has 2 aromatic rings. The fourth-order valence-electron chi connectivity index (χ4n) is 1.25. The van der Waals surface area contributed by atoms with E-state index in [0.717, 1.165) is 0 Å². The van der Waals surface area contributed by atoms with Crippen molar-refractivity contribution >= 4 is 5.97 Å². The highest BCUT2D eigenvalue weighted by atomic mass is 16.5. The van der Waals surface area contributed by atoms with Gasteiger partial charge in [-0.25, -0.2) is 4.79 Å². The molecule has 0 atom stereocenters. The number of hydrogen-bond acceptors (Lipinski definition) is 8. The predicted octanol–water partition coefficient (Wildman–Crippen LogP) is 0.774. The summed E-state index contributed by atoms with van der Waals surface area (Å²) in [5.41, 5.74) is -0.0181. The van der Waals surface area contributed by atoms with Gasteiger partial charge in [-0.2, -0.15) is 0 Å². The van der Waals surface area contributed by atoms with E-state index in [0.29, 0.717) is 0 Å². The summed E-state index contributed by atoms with van der Waals surface area (Å²) in [6, 6.07) is 1.21. The number of aromatic carboxylic acids is 1. The summed E-state index contributed by atoms with van der Waals surface area (Å²) in [6.07, 6.45) is 2.53. The van der Waals surface area contributed by atoms with Crippen LogP contribution in [0.3, 0.4) is 0 Å². The molecule has 0 bridgehead atoms. The lowest BCUT2D eigenvalue weighted by Gasteiger charge is -2.06. The van der Waals surface area contributed by atoms with Gasteiger partial charge in [0.15, 0.2) is 0 Å². The lowest BCUT2D eigenvalue weighted by Crippen LogP contribution is -2.02. The Balaban J connectivity index is 2.29. The largest absolute Gasteiger partial charge is 0.478 e. The zero-order valence-corrected chi connectivity index (χ0v) is 10.6. The van der Waals surface area contributed by atoms with Gasteiger partial charge in [0.2, 0.25) is 0 Å². The van der Waals surface area contributed by atoms with E-state index in [4.69, 9.17) is 19.3 Å². The van der Waals surface area contributed by atoms with Crippen LogP contribution in [0.2, 0.25) is 0 Å². The molecule has 2 rings (SSSR count). The number of carbonyl (C=O) groups is 1. The van der Waals surface area contributed by atoms with Crippen molar-refractivity contribution in [2.45, 2.75) is 0 Å². The second-order valence-corrected chi connectivity index (χ2v) is 3.41. The van der Waals surface area contributed by atoms with Gasteiger partial charge in [-0.15, -0.1) is 15.0 Å². The highest BCUT2D eigenvalue weighted by molar-refractivity contribution is 5.87. The number of carboxylic acids is 1. The van der Waals surface area contributed by atoms with Gasteiger partial charge in [-0.1, -0.05) is 0 Å². The van der Waals surface area contributed by atoms with Crippen LogP contribution < -0.4 is 14.2 Å². The highest BCUT2D eigenvalue weighted by Gasteiger charge is 2.11. The van der Waals surface area contributed by atoms with E-state index >= 15 is 0 Å². The smallest absolute Gasteiger partial charge is 0.337 e. The van der Waals surface area contributed by atoms with Gasteiger partial charge < -0.3 is 19.3 Å². The van der Waals surface area contributed by atoms with Crippen molar-refractivity contribution in [3.63, 3.8) is 0 Å². The first-order valence-corrected chi connectivity index (χ1v) is 5.32. The van der Waals surface area contributed by atoms with Crippen molar-refractivity contribution in [2.24, 2.45) is 0 Å². The summed E-state index contributed by atoms with van der Waals surface area (Å²) >= 11 is 0. The van der Waals surface area contributed by atoms with Crippen LogP contribution in [0, 0.1) is 0 Å². The molecule has 2 aromatic heterocycles. The summed E-state index contributed by atoms with van der Waals surface area (Å²) in [5.74, 6) is -0.950. The SMILES string of the molecule is COc1nc(OC)nc(Oc2cncc(C(=O)O)c2)n1. The van der Waals surface area contributed by atoms with E-state index in [1.54, 1.807) is 0 Å². The van der Waals surface area contributed by atoms with E-state index in [2.05, 4.69) is 19.9 Å². The summed E-state index contributed by atoms with van der Waals surface area (Å²) in [5, 5.41) is 8.86. The van der Waals surface area contributed by atoms with Crippen LogP contribution in [0.1, 0.15) is 10.4 Å². The number of nitrogens with zero attached hydrogens (tertiary/aromatic N) is 4. The van der Waals surface area contributed by atoms with Crippen LogP contribution in [0.25, 0.3) is 0 Å². The molecule has 0 fully saturated rings. The van der Waals surface area contributed by atoms with E-state index < -0.39 is 5.97 Å². The van der Waals surface area contributed by atoms with E-state index in [-0.39, 0.29) is 29.3 Å². The van der Waals surface area contributed by atoms with Crippen molar-refractivity contribution in [3.05, 3.63) is 24.0 Å². The molecule has 0 saturated heterocycles. The van der Waals surface area contributed by atoms with Crippen molar-refractivity contribution in [2.75, 3.05) is 14.2 Å². The second-order valence-electron chi connectivity index (χ2n) is 3.41. The first-order chi connectivity index (χ1) is 9.62. The number of ether oxygens (including phenoxy) is 3. The van der Waals surface area contributed by atoms with Crippen LogP contribution in [0.4, 0.5) is 0 Å². The molecule has 20 heavy (non-hydrogen) atoms. The normalized spacial score (nSPS) is 9.90. The molecule has 0 aromatic carbocycles. The maximum atomic E-state index is 10.8. The van der Waals surface area contributed by atoms with Gasteiger partial charge in [0.05, 0.1) is 26.0 Å². The van der Waals surface area contributed by atoms with Gasteiger partial charge in [0, 0.05) is 6.20 Å². The molecule has 0 amide bonds. The molecule has 0 radical (unpaired) electrons. The zero-order valence-electron chi connectivity index (χ0n) is 10.6. The minimum atomic E-state index is -1.12. The fraction of sp³-hybridized carbons (Fsp3) is 0.182. The first-order valence-electron chi connectivity index (χ1n) is 5.32. The number of hydrogen-bond donors (Lipinski definition) is 1. The van der Waals surface area contributed by atoms with E-state index in [1.165, 1.54) is 32.7 Å². The number of aromatic nitrogens is 4. The van der Waals surface area contributed by atoms with E-state index in [1.807, 2.05) is 0 Å². The fourth-order valence-corrected chi connectivity index (χ4v) is 1.25. The number of pyridine rings is 1. The standard InChI is InChI=1S/C11H10N4O5/c1-18-9-13-10(19-2)15-11(14-9)20-7-3-6(8(16)17)4-12-5-7/h3-5H,1-2H3,(H,16,17). The predicted molar refractivity (Wildman–Crippen MR) is 64.2 cm³/mol. The van der Waals surface area contributed by atoms with Gasteiger partial charge in [0.25, 0.3) is 0 Å². The molecule has 0 saturated carbocycles. The van der Waals surface area contributed by atoms with Crippen LogP contribution in [-0.2, 0) is 0 Å². The Morgan fingerprint density at radius 2 is 1.65 bits per heavy atom. The highest BCUT2D eigenvalue weighted by Crippen LogP contribution is 2.21. The molecule has 104 valence electrons. The Hall–Kier alpha value is -2.97. The summed E-state index contributed by atoms with van der Waals surface area (Å²) in [4.78, 5) is 26.1. The second kappa shape index (κ2) is 5.78. The molecule has 0 spiro atoms. The van der Waals surface area contributed by atoms with Gasteiger partial charge in [-0.05, 0) is 6.07 Å².